The van der Waals surface area contributed by atoms with Crippen molar-refractivity contribution in [2.24, 2.45) is 0 Å². The standard InChI is InChI=1S/C21H18ClNO3S2/c22-18-5-7-19(8-6-18)28(25,26)20-9-11-23(13-20)21(24)16-3-1-15(2-4-16)17-10-12-27-14-17/h1-8,10,12,14,20H,9,11,13H2. The molecule has 1 amide bonds. The molecule has 1 atom stereocenters. The van der Waals surface area contributed by atoms with Crippen molar-refractivity contribution in [2.45, 2.75) is 16.6 Å². The number of thiophene rings is 1. The molecule has 1 aliphatic heterocycles. The molecule has 1 aromatic heterocycles. The molecule has 0 N–H and O–H groups in total. The molecule has 0 saturated carbocycles. The highest BCUT2D eigenvalue weighted by Gasteiger charge is 2.36. The van der Waals surface area contributed by atoms with Gasteiger partial charge in [-0.25, -0.2) is 8.42 Å². The SMILES string of the molecule is O=C(c1ccc(-c2ccsc2)cc1)N1CCC(S(=O)(=O)c2ccc(Cl)cc2)C1. The molecule has 1 unspecified atom stereocenters. The molecule has 3 aromatic rings. The summed E-state index contributed by atoms with van der Waals surface area (Å²) in [5.74, 6) is -0.134. The zero-order chi connectivity index (χ0) is 19.7. The van der Waals surface area contributed by atoms with Gasteiger partial charge in [0.25, 0.3) is 5.91 Å². The summed E-state index contributed by atoms with van der Waals surface area (Å²) in [7, 11) is -3.49. The van der Waals surface area contributed by atoms with E-state index in [1.165, 1.54) is 12.1 Å². The molecule has 4 nitrogen and oxygen atoms in total. The average molecular weight is 432 g/mol. The van der Waals surface area contributed by atoms with Crippen LogP contribution in [0.2, 0.25) is 5.02 Å². The van der Waals surface area contributed by atoms with Crippen molar-refractivity contribution in [2.75, 3.05) is 13.1 Å². The van der Waals surface area contributed by atoms with Crippen LogP contribution in [0.4, 0.5) is 0 Å². The van der Waals surface area contributed by atoms with Gasteiger partial charge in [-0.05, 0) is 70.8 Å². The summed E-state index contributed by atoms with van der Waals surface area (Å²) >= 11 is 7.48. The Bertz CT molecular complexity index is 1080. The molecule has 2 heterocycles. The zero-order valence-electron chi connectivity index (χ0n) is 14.9. The Labute approximate surface area is 173 Å². The number of nitrogens with zero attached hydrogens (tertiary/aromatic N) is 1. The summed E-state index contributed by atoms with van der Waals surface area (Å²) in [5.41, 5.74) is 2.75. The second kappa shape index (κ2) is 7.70. The van der Waals surface area contributed by atoms with Crippen molar-refractivity contribution in [1.29, 1.82) is 0 Å². The number of benzene rings is 2. The van der Waals surface area contributed by atoms with Crippen LogP contribution in [0.15, 0.2) is 70.3 Å². The van der Waals surface area contributed by atoms with Crippen molar-refractivity contribution < 1.29 is 13.2 Å². The van der Waals surface area contributed by atoms with Gasteiger partial charge in [-0.1, -0.05) is 23.7 Å². The second-order valence-electron chi connectivity index (χ2n) is 6.75. The molecule has 28 heavy (non-hydrogen) atoms. The van der Waals surface area contributed by atoms with Crippen LogP contribution in [-0.4, -0.2) is 37.6 Å². The largest absolute Gasteiger partial charge is 0.337 e. The van der Waals surface area contributed by atoms with Gasteiger partial charge in [0.1, 0.15) is 0 Å². The molecule has 1 aliphatic rings. The van der Waals surface area contributed by atoms with E-state index in [9.17, 15) is 13.2 Å². The maximum atomic E-state index is 12.8. The first-order valence-corrected chi connectivity index (χ1v) is 11.7. The molecule has 144 valence electrons. The highest BCUT2D eigenvalue weighted by Crippen LogP contribution is 2.27. The van der Waals surface area contributed by atoms with E-state index in [1.807, 2.05) is 23.6 Å². The van der Waals surface area contributed by atoms with E-state index in [0.717, 1.165) is 11.1 Å². The Kier molecular flexibility index (Phi) is 5.27. The number of likely N-dealkylation sites (tertiary alicyclic amines) is 1. The zero-order valence-corrected chi connectivity index (χ0v) is 17.3. The topological polar surface area (TPSA) is 54.5 Å². The quantitative estimate of drug-likeness (QED) is 0.598. The van der Waals surface area contributed by atoms with Crippen molar-refractivity contribution in [3.63, 3.8) is 0 Å². The summed E-state index contributed by atoms with van der Waals surface area (Å²) in [6.45, 7) is 0.638. The van der Waals surface area contributed by atoms with Gasteiger partial charge in [0.15, 0.2) is 9.84 Å². The number of amides is 1. The molecule has 1 fully saturated rings. The molecular formula is C21H18ClNO3S2. The fraction of sp³-hybridized carbons (Fsp3) is 0.190. The molecule has 7 heteroatoms. The Hall–Kier alpha value is -2.15. The third-order valence-electron chi connectivity index (χ3n) is 5.00. The van der Waals surface area contributed by atoms with Gasteiger partial charge >= 0.3 is 0 Å². The first kappa shape index (κ1) is 19.2. The smallest absolute Gasteiger partial charge is 0.253 e. The van der Waals surface area contributed by atoms with Gasteiger partial charge in [-0.2, -0.15) is 11.3 Å². The molecule has 0 radical (unpaired) electrons. The van der Waals surface area contributed by atoms with E-state index in [1.54, 1.807) is 40.5 Å². The minimum absolute atomic E-state index is 0.134. The predicted octanol–water partition coefficient (Wildman–Crippen LogP) is 4.76. The van der Waals surface area contributed by atoms with Crippen LogP contribution in [0.25, 0.3) is 11.1 Å². The van der Waals surface area contributed by atoms with Gasteiger partial charge in [-0.3, -0.25) is 4.79 Å². The lowest BCUT2D eigenvalue weighted by molar-refractivity contribution is 0.0793. The minimum atomic E-state index is -3.49. The van der Waals surface area contributed by atoms with Crippen molar-refractivity contribution >= 4 is 38.7 Å². The van der Waals surface area contributed by atoms with Gasteiger partial charge in [0, 0.05) is 23.7 Å². The average Bonchev–Trinajstić information content (AvgIpc) is 3.40. The van der Waals surface area contributed by atoms with Crippen LogP contribution >= 0.6 is 22.9 Å². The number of rotatable bonds is 4. The first-order chi connectivity index (χ1) is 13.4. The minimum Gasteiger partial charge on any atom is -0.337 e. The molecule has 2 aromatic carbocycles. The number of hydrogen-bond acceptors (Lipinski definition) is 4. The van der Waals surface area contributed by atoms with E-state index < -0.39 is 15.1 Å². The Balaban J connectivity index is 1.47. The van der Waals surface area contributed by atoms with Crippen molar-refractivity contribution in [3.8, 4) is 11.1 Å². The molecular weight excluding hydrogens is 414 g/mol. The molecule has 0 spiro atoms. The third kappa shape index (κ3) is 3.72. The number of halogens is 1. The van der Waals surface area contributed by atoms with E-state index in [2.05, 4.69) is 5.38 Å². The van der Waals surface area contributed by atoms with Gasteiger partial charge < -0.3 is 4.90 Å². The van der Waals surface area contributed by atoms with E-state index in [4.69, 9.17) is 11.6 Å². The van der Waals surface area contributed by atoms with E-state index in [-0.39, 0.29) is 17.3 Å². The lowest BCUT2D eigenvalue weighted by atomic mass is 10.1. The summed E-state index contributed by atoms with van der Waals surface area (Å²) < 4.78 is 25.7. The van der Waals surface area contributed by atoms with E-state index >= 15 is 0 Å². The Morgan fingerprint density at radius 3 is 2.36 bits per heavy atom. The van der Waals surface area contributed by atoms with Gasteiger partial charge in [0.05, 0.1) is 10.1 Å². The van der Waals surface area contributed by atoms with Crippen LogP contribution < -0.4 is 0 Å². The van der Waals surface area contributed by atoms with Gasteiger partial charge in [-0.15, -0.1) is 0 Å². The molecule has 4 rings (SSSR count). The lowest BCUT2D eigenvalue weighted by Gasteiger charge is -2.17. The molecule has 1 saturated heterocycles. The maximum absolute atomic E-state index is 12.8. The Morgan fingerprint density at radius 2 is 1.71 bits per heavy atom. The second-order valence-corrected chi connectivity index (χ2v) is 10.2. The van der Waals surface area contributed by atoms with Crippen LogP contribution in [0, 0.1) is 0 Å². The fourth-order valence-corrected chi connectivity index (χ4v) is 5.88. The summed E-state index contributed by atoms with van der Waals surface area (Å²) in [6, 6.07) is 15.7. The summed E-state index contributed by atoms with van der Waals surface area (Å²) in [6.07, 6.45) is 0.434. The number of hydrogen-bond donors (Lipinski definition) is 0. The number of carbonyl (C=O) groups is 1. The third-order valence-corrected chi connectivity index (χ3v) is 8.13. The van der Waals surface area contributed by atoms with Crippen LogP contribution in [0.3, 0.4) is 0 Å². The molecule has 0 aliphatic carbocycles. The highest BCUT2D eigenvalue weighted by molar-refractivity contribution is 7.92. The maximum Gasteiger partial charge on any atom is 0.253 e. The monoisotopic (exact) mass is 431 g/mol. The normalized spacial score (nSPS) is 17.0. The number of sulfone groups is 1. The predicted molar refractivity (Wildman–Crippen MR) is 113 cm³/mol. The summed E-state index contributed by atoms with van der Waals surface area (Å²) in [5, 5.41) is 3.97. The lowest BCUT2D eigenvalue weighted by Crippen LogP contribution is -2.31. The fourth-order valence-electron chi connectivity index (χ4n) is 3.40. The van der Waals surface area contributed by atoms with Crippen LogP contribution in [-0.2, 0) is 9.84 Å². The summed E-state index contributed by atoms with van der Waals surface area (Å²) in [4.78, 5) is 14.7. The van der Waals surface area contributed by atoms with Gasteiger partial charge in [0.2, 0.25) is 0 Å². The number of carbonyl (C=O) groups excluding carboxylic acids is 1. The Morgan fingerprint density at radius 1 is 1.00 bits per heavy atom. The van der Waals surface area contributed by atoms with Crippen molar-refractivity contribution in [3.05, 3.63) is 75.9 Å². The highest BCUT2D eigenvalue weighted by atomic mass is 35.5. The van der Waals surface area contributed by atoms with Crippen LogP contribution in [0.1, 0.15) is 16.8 Å². The van der Waals surface area contributed by atoms with Crippen LogP contribution in [0.5, 0.6) is 0 Å². The van der Waals surface area contributed by atoms with E-state index in [0.29, 0.717) is 23.6 Å². The molecule has 0 bridgehead atoms. The van der Waals surface area contributed by atoms with Crippen molar-refractivity contribution in [1.82, 2.24) is 4.90 Å². The first-order valence-electron chi connectivity index (χ1n) is 8.86.